The van der Waals surface area contributed by atoms with Crippen LogP contribution in [0.4, 0.5) is 0 Å². The van der Waals surface area contributed by atoms with Gasteiger partial charge in [0.25, 0.3) is 0 Å². The molecule has 96 valence electrons. The van der Waals surface area contributed by atoms with E-state index in [-0.39, 0.29) is 11.5 Å². The van der Waals surface area contributed by atoms with Crippen LogP contribution in [0.3, 0.4) is 0 Å². The second-order valence-electron chi connectivity index (χ2n) is 3.68. The highest BCUT2D eigenvalue weighted by Gasteiger charge is 2.16. The van der Waals surface area contributed by atoms with Gasteiger partial charge in [-0.25, -0.2) is 4.79 Å². The fourth-order valence-electron chi connectivity index (χ4n) is 1.55. The van der Waals surface area contributed by atoms with E-state index in [0.717, 1.165) is 22.7 Å². The van der Waals surface area contributed by atoms with Crippen LogP contribution < -0.4 is 4.74 Å². The van der Waals surface area contributed by atoms with Crippen molar-refractivity contribution in [2.45, 2.75) is 13.5 Å². The first-order chi connectivity index (χ1) is 8.50. The number of carboxylic acids is 1. The molecule has 1 N–H and O–H groups in total. The van der Waals surface area contributed by atoms with Crippen molar-refractivity contribution in [3.63, 3.8) is 0 Å². The summed E-state index contributed by atoms with van der Waals surface area (Å²) in [4.78, 5) is 11.1. The van der Waals surface area contributed by atoms with Gasteiger partial charge in [0, 0.05) is 7.05 Å². The van der Waals surface area contributed by atoms with Crippen molar-refractivity contribution in [2.75, 3.05) is 0 Å². The molecule has 0 bridgehead atoms. The molecule has 0 fully saturated rings. The lowest BCUT2D eigenvalue weighted by Gasteiger charge is -2.06. The van der Waals surface area contributed by atoms with Gasteiger partial charge in [0.15, 0.2) is 4.88 Å². The molecule has 18 heavy (non-hydrogen) atoms. The van der Waals surface area contributed by atoms with Crippen LogP contribution in [-0.4, -0.2) is 20.9 Å². The van der Waals surface area contributed by atoms with Crippen molar-refractivity contribution in [1.82, 2.24) is 9.78 Å². The molecule has 0 spiro atoms. The molecule has 0 saturated heterocycles. The number of aryl methyl sites for hydroxylation is 2. The molecule has 0 aliphatic carbocycles. The minimum atomic E-state index is -0.993. The molecule has 0 atom stereocenters. The number of rotatable bonds is 4. The molecule has 0 saturated carbocycles. The SMILES string of the molecule is Cc1nn(C)c(COc2ccsc2C(=O)O)c1Cl. The van der Waals surface area contributed by atoms with E-state index in [4.69, 9.17) is 21.4 Å². The molecule has 2 aromatic rings. The number of halogens is 1. The smallest absolute Gasteiger partial charge is 0.349 e. The number of nitrogens with zero attached hydrogens (tertiary/aromatic N) is 2. The van der Waals surface area contributed by atoms with E-state index in [1.165, 1.54) is 0 Å². The highest BCUT2D eigenvalue weighted by molar-refractivity contribution is 7.12. The summed E-state index contributed by atoms with van der Waals surface area (Å²) in [6.45, 7) is 1.99. The Morgan fingerprint density at radius 2 is 2.39 bits per heavy atom. The van der Waals surface area contributed by atoms with E-state index in [1.54, 1.807) is 30.1 Å². The monoisotopic (exact) mass is 286 g/mol. The van der Waals surface area contributed by atoms with Gasteiger partial charge in [0.05, 0.1) is 16.4 Å². The van der Waals surface area contributed by atoms with E-state index in [9.17, 15) is 4.79 Å². The van der Waals surface area contributed by atoms with Crippen molar-refractivity contribution in [1.29, 1.82) is 0 Å². The first kappa shape index (κ1) is 12.9. The lowest BCUT2D eigenvalue weighted by atomic mass is 10.3. The van der Waals surface area contributed by atoms with E-state index >= 15 is 0 Å². The average Bonchev–Trinajstić information content (AvgIpc) is 2.84. The summed E-state index contributed by atoms with van der Waals surface area (Å²) >= 11 is 7.21. The van der Waals surface area contributed by atoms with Crippen LogP contribution in [0.1, 0.15) is 21.1 Å². The van der Waals surface area contributed by atoms with Crippen LogP contribution >= 0.6 is 22.9 Å². The molecule has 0 aromatic carbocycles. The maximum atomic E-state index is 10.9. The fourth-order valence-corrected chi connectivity index (χ4v) is 2.44. The van der Waals surface area contributed by atoms with E-state index < -0.39 is 5.97 Å². The summed E-state index contributed by atoms with van der Waals surface area (Å²) in [6.07, 6.45) is 0. The highest BCUT2D eigenvalue weighted by atomic mass is 35.5. The van der Waals surface area contributed by atoms with Crippen LogP contribution in [0.2, 0.25) is 5.02 Å². The minimum absolute atomic E-state index is 0.185. The third kappa shape index (κ3) is 2.34. The maximum Gasteiger partial charge on any atom is 0.349 e. The van der Waals surface area contributed by atoms with Crippen molar-refractivity contribution < 1.29 is 14.6 Å². The Hall–Kier alpha value is -1.53. The summed E-state index contributed by atoms with van der Waals surface area (Å²) in [5.41, 5.74) is 1.44. The Morgan fingerprint density at radius 1 is 1.67 bits per heavy atom. The number of carbonyl (C=O) groups is 1. The topological polar surface area (TPSA) is 64.4 Å². The van der Waals surface area contributed by atoms with Crippen molar-refractivity contribution in [2.24, 2.45) is 7.05 Å². The van der Waals surface area contributed by atoms with Gasteiger partial charge in [-0.3, -0.25) is 4.68 Å². The summed E-state index contributed by atoms with van der Waals surface area (Å²) in [7, 11) is 1.77. The lowest BCUT2D eigenvalue weighted by molar-refractivity contribution is 0.0697. The standard InChI is InChI=1S/C11H11ClN2O3S/c1-6-9(12)7(14(2)13-6)5-17-8-3-4-18-10(8)11(15)16/h3-4H,5H2,1-2H3,(H,15,16). The molecular weight excluding hydrogens is 276 g/mol. The first-order valence-electron chi connectivity index (χ1n) is 5.12. The predicted octanol–water partition coefficient (Wildman–Crippen LogP) is 2.72. The van der Waals surface area contributed by atoms with Gasteiger partial charge in [0.1, 0.15) is 12.4 Å². The Bertz CT molecular complexity index is 591. The number of thiophene rings is 1. The van der Waals surface area contributed by atoms with Crippen LogP contribution in [0.25, 0.3) is 0 Å². The second kappa shape index (κ2) is 4.99. The normalized spacial score (nSPS) is 10.6. The molecule has 5 nitrogen and oxygen atoms in total. The van der Waals surface area contributed by atoms with Gasteiger partial charge in [-0.2, -0.15) is 5.10 Å². The summed E-state index contributed by atoms with van der Waals surface area (Å²) in [5.74, 6) is -0.644. The number of ether oxygens (including phenoxy) is 1. The fraction of sp³-hybridized carbons (Fsp3) is 0.273. The van der Waals surface area contributed by atoms with E-state index in [1.807, 2.05) is 0 Å². The third-order valence-electron chi connectivity index (χ3n) is 2.45. The summed E-state index contributed by atoms with van der Waals surface area (Å²) in [6, 6.07) is 1.63. The molecular formula is C11H11ClN2O3S. The Balaban J connectivity index is 2.16. The molecule has 2 rings (SSSR count). The molecule has 0 amide bonds. The summed E-state index contributed by atoms with van der Waals surface area (Å²) in [5, 5.41) is 15.3. The Labute approximate surface area is 113 Å². The predicted molar refractivity (Wildman–Crippen MR) is 68.6 cm³/mol. The molecule has 0 unspecified atom stereocenters. The molecule has 2 heterocycles. The van der Waals surface area contributed by atoms with Crippen LogP contribution in [-0.2, 0) is 13.7 Å². The number of aromatic nitrogens is 2. The number of carboxylic acid groups (broad SMARTS) is 1. The van der Waals surface area contributed by atoms with Gasteiger partial charge in [-0.05, 0) is 18.4 Å². The van der Waals surface area contributed by atoms with Gasteiger partial charge >= 0.3 is 5.97 Å². The lowest BCUT2D eigenvalue weighted by Crippen LogP contribution is -2.05. The largest absolute Gasteiger partial charge is 0.485 e. The Kier molecular flexibility index (Phi) is 3.58. The zero-order chi connectivity index (χ0) is 13.3. The highest BCUT2D eigenvalue weighted by Crippen LogP contribution is 2.27. The van der Waals surface area contributed by atoms with E-state index in [0.29, 0.717) is 10.8 Å². The van der Waals surface area contributed by atoms with Crippen LogP contribution in [0, 0.1) is 6.92 Å². The van der Waals surface area contributed by atoms with Gasteiger partial charge < -0.3 is 9.84 Å². The minimum Gasteiger partial charge on any atom is -0.485 e. The first-order valence-corrected chi connectivity index (χ1v) is 6.38. The zero-order valence-corrected chi connectivity index (χ0v) is 11.4. The third-order valence-corrected chi connectivity index (χ3v) is 3.82. The second-order valence-corrected chi connectivity index (χ2v) is 4.97. The number of aromatic carboxylic acids is 1. The molecule has 0 aliphatic heterocycles. The summed E-state index contributed by atoms with van der Waals surface area (Å²) < 4.78 is 7.11. The number of hydrogen-bond acceptors (Lipinski definition) is 4. The van der Waals surface area contributed by atoms with Crippen LogP contribution in [0.15, 0.2) is 11.4 Å². The van der Waals surface area contributed by atoms with Gasteiger partial charge in [-0.15, -0.1) is 11.3 Å². The van der Waals surface area contributed by atoms with E-state index in [2.05, 4.69) is 5.10 Å². The number of hydrogen-bond donors (Lipinski definition) is 1. The molecule has 0 aliphatic rings. The van der Waals surface area contributed by atoms with Crippen molar-refractivity contribution >= 4 is 28.9 Å². The molecule has 0 radical (unpaired) electrons. The Morgan fingerprint density at radius 3 is 2.94 bits per heavy atom. The van der Waals surface area contributed by atoms with Crippen molar-refractivity contribution in [3.05, 3.63) is 32.7 Å². The maximum absolute atomic E-state index is 10.9. The zero-order valence-electron chi connectivity index (χ0n) is 9.81. The molecule has 7 heteroatoms. The van der Waals surface area contributed by atoms with Gasteiger partial charge in [0.2, 0.25) is 0 Å². The van der Waals surface area contributed by atoms with Crippen molar-refractivity contribution in [3.8, 4) is 5.75 Å². The molecule has 2 aromatic heterocycles. The van der Waals surface area contributed by atoms with Gasteiger partial charge in [-0.1, -0.05) is 11.6 Å². The average molecular weight is 287 g/mol. The quantitative estimate of drug-likeness (QED) is 0.938. The van der Waals surface area contributed by atoms with Crippen LogP contribution in [0.5, 0.6) is 5.75 Å².